The van der Waals surface area contributed by atoms with Crippen molar-refractivity contribution in [2.24, 2.45) is 7.05 Å². The molecule has 0 aromatic carbocycles. The lowest BCUT2D eigenvalue weighted by atomic mass is 10.4. The third-order valence-corrected chi connectivity index (χ3v) is 2.38. The van der Waals surface area contributed by atoms with Gasteiger partial charge < -0.3 is 4.57 Å². The highest BCUT2D eigenvalue weighted by Crippen LogP contribution is 2.52. The van der Waals surface area contributed by atoms with Gasteiger partial charge in [-0.25, -0.2) is 0 Å². The first-order chi connectivity index (χ1) is 5.90. The number of amides is 1. The largest absolute Gasteiger partial charge is 0.347 e. The van der Waals surface area contributed by atoms with E-state index in [0.717, 1.165) is 0 Å². The van der Waals surface area contributed by atoms with Crippen molar-refractivity contribution in [3.8, 4) is 0 Å². The monoisotopic (exact) mass is 240 g/mol. The maximum absolute atomic E-state index is 11.3. The van der Waals surface area contributed by atoms with Crippen LogP contribution in [0.4, 0.5) is 0 Å². The van der Waals surface area contributed by atoms with E-state index in [2.05, 4.69) is 0 Å². The summed E-state index contributed by atoms with van der Waals surface area (Å²) in [6, 6.07) is 3.25. The highest BCUT2D eigenvalue weighted by molar-refractivity contribution is 8.07. The molecule has 72 valence electrons. The van der Waals surface area contributed by atoms with E-state index < -0.39 is 11.9 Å². The second kappa shape index (κ2) is 3.74. The van der Waals surface area contributed by atoms with Gasteiger partial charge in [-0.3, -0.25) is 14.4 Å². The van der Waals surface area contributed by atoms with Gasteiger partial charge in [0.1, 0.15) is 5.69 Å². The molecule has 0 atom stereocenters. The van der Waals surface area contributed by atoms with Crippen LogP contribution in [0.15, 0.2) is 18.3 Å². The first-order valence-electron chi connectivity index (χ1n) is 3.33. The second-order valence-electron chi connectivity index (χ2n) is 2.41. The van der Waals surface area contributed by atoms with Crippen LogP contribution in [-0.4, -0.2) is 10.5 Å². The summed E-state index contributed by atoms with van der Waals surface area (Å²) in [5, 5.41) is 1.99. The molecule has 13 heavy (non-hydrogen) atoms. The Labute approximate surface area is 84.8 Å². The van der Waals surface area contributed by atoms with Gasteiger partial charge >= 0.3 is 6.00 Å². The zero-order valence-electron chi connectivity index (χ0n) is 6.70. The average molecular weight is 241 g/mol. The lowest BCUT2D eigenvalue weighted by Gasteiger charge is -2.05. The van der Waals surface area contributed by atoms with E-state index in [4.69, 9.17) is 22.5 Å². The number of halogens is 2. The van der Waals surface area contributed by atoms with Gasteiger partial charge in [0.2, 0.25) is 0 Å². The van der Waals surface area contributed by atoms with Gasteiger partial charge in [0, 0.05) is 13.2 Å². The van der Waals surface area contributed by atoms with Crippen LogP contribution in [0, 0.1) is 0 Å². The van der Waals surface area contributed by atoms with Crippen molar-refractivity contribution in [1.82, 2.24) is 9.65 Å². The number of rotatable bonds is 2. The zero-order chi connectivity index (χ0) is 10.1. The normalized spacial score (nSPS) is 11.3. The summed E-state index contributed by atoms with van der Waals surface area (Å²) in [4.78, 5) is 11.3. The molecular formula is C6H7Cl2N2O2P. The Morgan fingerprint density at radius 1 is 1.62 bits per heavy atom. The standard InChI is InChI=1S/C6H7Cl2N2O2P/c1-10-4-2-3-5(10)6(11)9-13(7,8)12/h2-4H,1H3,(H,9,11,12). The second-order valence-corrected chi connectivity index (χ2v) is 6.93. The number of aryl methyl sites for hydroxylation is 1. The molecule has 1 amide bonds. The van der Waals surface area contributed by atoms with Crippen LogP contribution in [0.25, 0.3) is 0 Å². The summed E-state index contributed by atoms with van der Waals surface area (Å²) in [6.07, 6.45) is 1.68. The molecule has 0 saturated heterocycles. The first-order valence-corrected chi connectivity index (χ1v) is 6.85. The fourth-order valence-corrected chi connectivity index (χ4v) is 1.68. The van der Waals surface area contributed by atoms with Crippen molar-refractivity contribution in [3.05, 3.63) is 24.0 Å². The Morgan fingerprint density at radius 2 is 2.23 bits per heavy atom. The Bertz CT molecular complexity index is 370. The summed E-state index contributed by atoms with van der Waals surface area (Å²) in [7, 11) is 1.68. The summed E-state index contributed by atoms with van der Waals surface area (Å²) >= 11 is 10.4. The Hall–Kier alpha value is -0.440. The number of nitrogens with one attached hydrogen (secondary N) is 1. The van der Waals surface area contributed by atoms with Gasteiger partial charge in [-0.2, -0.15) is 0 Å². The minimum absolute atomic E-state index is 0.349. The number of carbonyl (C=O) groups excluding carboxylic acids is 1. The number of aromatic nitrogens is 1. The van der Waals surface area contributed by atoms with E-state index in [0.29, 0.717) is 5.69 Å². The molecule has 0 aliphatic carbocycles. The number of hydrogen-bond donors (Lipinski definition) is 1. The highest BCUT2D eigenvalue weighted by atomic mass is 35.9. The van der Waals surface area contributed by atoms with E-state index in [1.54, 1.807) is 29.9 Å². The quantitative estimate of drug-likeness (QED) is 0.808. The third-order valence-electron chi connectivity index (χ3n) is 1.41. The smallest absolute Gasteiger partial charge is 0.345 e. The fourth-order valence-electron chi connectivity index (χ4n) is 0.872. The van der Waals surface area contributed by atoms with Crippen LogP contribution >= 0.6 is 28.5 Å². The van der Waals surface area contributed by atoms with Crippen LogP contribution < -0.4 is 5.09 Å². The molecule has 1 aromatic heterocycles. The Balaban J connectivity index is 2.82. The van der Waals surface area contributed by atoms with Crippen LogP contribution in [0.1, 0.15) is 10.5 Å². The molecule has 0 radical (unpaired) electrons. The lowest BCUT2D eigenvalue weighted by molar-refractivity contribution is 0.0974. The highest BCUT2D eigenvalue weighted by Gasteiger charge is 2.19. The van der Waals surface area contributed by atoms with E-state index in [9.17, 15) is 9.36 Å². The molecule has 1 N–H and O–H groups in total. The van der Waals surface area contributed by atoms with Crippen LogP contribution in [0.2, 0.25) is 0 Å². The SMILES string of the molecule is Cn1cccc1C(=O)NP(=O)(Cl)Cl. The van der Waals surface area contributed by atoms with Crippen molar-refractivity contribution in [1.29, 1.82) is 0 Å². The van der Waals surface area contributed by atoms with Crippen molar-refractivity contribution in [2.75, 3.05) is 0 Å². The summed E-state index contributed by atoms with van der Waals surface area (Å²) < 4.78 is 12.4. The van der Waals surface area contributed by atoms with Gasteiger partial charge in [-0.15, -0.1) is 0 Å². The molecule has 0 bridgehead atoms. The topological polar surface area (TPSA) is 51.1 Å². The zero-order valence-corrected chi connectivity index (χ0v) is 9.11. The third kappa shape index (κ3) is 3.07. The summed E-state index contributed by atoms with van der Waals surface area (Å²) in [5.41, 5.74) is 0.349. The molecule has 1 rings (SSSR count). The van der Waals surface area contributed by atoms with Crippen molar-refractivity contribution in [3.63, 3.8) is 0 Å². The van der Waals surface area contributed by atoms with Crippen LogP contribution in [-0.2, 0) is 11.6 Å². The predicted molar refractivity (Wildman–Crippen MR) is 52.2 cm³/mol. The Kier molecular flexibility index (Phi) is 3.06. The Morgan fingerprint density at radius 3 is 2.62 bits per heavy atom. The van der Waals surface area contributed by atoms with Crippen molar-refractivity contribution >= 4 is 34.4 Å². The lowest BCUT2D eigenvalue weighted by Crippen LogP contribution is -2.19. The maximum Gasteiger partial charge on any atom is 0.345 e. The fraction of sp³-hybridized carbons (Fsp3) is 0.167. The van der Waals surface area contributed by atoms with Crippen molar-refractivity contribution < 1.29 is 9.36 Å². The van der Waals surface area contributed by atoms with Gasteiger partial charge in [-0.05, 0) is 34.6 Å². The number of hydrogen-bond acceptors (Lipinski definition) is 2. The minimum atomic E-state index is -3.55. The summed E-state index contributed by atoms with van der Waals surface area (Å²) in [6.45, 7) is 0. The molecule has 0 aliphatic rings. The van der Waals surface area contributed by atoms with Gasteiger partial charge in [0.25, 0.3) is 5.91 Å². The number of nitrogens with zero attached hydrogens (tertiary/aromatic N) is 1. The molecular weight excluding hydrogens is 234 g/mol. The summed E-state index contributed by atoms with van der Waals surface area (Å²) in [5.74, 6) is -4.11. The van der Waals surface area contributed by atoms with Crippen LogP contribution in [0.3, 0.4) is 0 Å². The molecule has 0 aliphatic heterocycles. The molecule has 4 nitrogen and oxygen atoms in total. The molecule has 1 heterocycles. The van der Waals surface area contributed by atoms with Gasteiger partial charge in [0.15, 0.2) is 0 Å². The minimum Gasteiger partial charge on any atom is -0.347 e. The van der Waals surface area contributed by atoms with Gasteiger partial charge in [0.05, 0.1) is 0 Å². The molecule has 0 fully saturated rings. The van der Waals surface area contributed by atoms with Gasteiger partial charge in [-0.1, -0.05) is 0 Å². The molecule has 0 unspecified atom stereocenters. The molecule has 0 saturated carbocycles. The van der Waals surface area contributed by atoms with E-state index in [-0.39, 0.29) is 0 Å². The predicted octanol–water partition coefficient (Wildman–Crippen LogP) is 2.34. The van der Waals surface area contributed by atoms with E-state index >= 15 is 0 Å². The van der Waals surface area contributed by atoms with Crippen molar-refractivity contribution in [2.45, 2.75) is 0 Å². The molecule has 0 spiro atoms. The molecule has 7 heteroatoms. The molecule has 1 aromatic rings. The maximum atomic E-state index is 11.3. The van der Waals surface area contributed by atoms with E-state index in [1.165, 1.54) is 0 Å². The average Bonchev–Trinajstić information content (AvgIpc) is 2.30. The number of carbonyl (C=O) groups is 1. The first kappa shape index (κ1) is 10.6. The van der Waals surface area contributed by atoms with E-state index in [1.807, 2.05) is 5.09 Å². The van der Waals surface area contributed by atoms with Crippen LogP contribution in [0.5, 0.6) is 0 Å².